The number of aromatic nitrogens is 1. The van der Waals surface area contributed by atoms with Crippen molar-refractivity contribution in [3.05, 3.63) is 30.0 Å². The number of aryl methyl sites for hydroxylation is 1. The maximum Gasteiger partial charge on any atom is 0.175 e. The lowest BCUT2D eigenvalue weighted by Gasteiger charge is -2.06. The number of hydrogen-bond acceptors (Lipinski definition) is 4. The van der Waals surface area contributed by atoms with Gasteiger partial charge >= 0.3 is 0 Å². The first-order valence-electron chi connectivity index (χ1n) is 5.50. The summed E-state index contributed by atoms with van der Waals surface area (Å²) in [6, 6.07) is 4.42. The summed E-state index contributed by atoms with van der Waals surface area (Å²) in [5.74, 6) is 0. The van der Waals surface area contributed by atoms with Crippen molar-refractivity contribution >= 4 is 20.7 Å². The minimum Gasteiger partial charge on any atom is -0.394 e. The highest BCUT2D eigenvalue weighted by molar-refractivity contribution is 7.90. The third-order valence-electron chi connectivity index (χ3n) is 3.02. The third kappa shape index (κ3) is 2.14. The van der Waals surface area contributed by atoms with Crippen molar-refractivity contribution in [2.75, 3.05) is 12.9 Å². The number of benzene rings is 1. The summed E-state index contributed by atoms with van der Waals surface area (Å²) < 4.78 is 25.0. The molecule has 0 radical (unpaired) electrons. The van der Waals surface area contributed by atoms with Gasteiger partial charge in [0.1, 0.15) is 0 Å². The Bertz CT molecular complexity index is 689. The quantitative estimate of drug-likeness (QED) is 0.852. The maximum atomic E-state index is 11.5. The lowest BCUT2D eigenvalue weighted by Crippen LogP contribution is -2.14. The lowest BCUT2D eigenvalue weighted by atomic mass is 10.1. The first kappa shape index (κ1) is 13.1. The van der Waals surface area contributed by atoms with E-state index in [4.69, 9.17) is 10.8 Å². The van der Waals surface area contributed by atoms with Crippen molar-refractivity contribution < 1.29 is 13.5 Å². The van der Waals surface area contributed by atoms with E-state index in [1.165, 1.54) is 6.26 Å². The number of aliphatic hydroxyl groups is 1. The molecule has 98 valence electrons. The monoisotopic (exact) mass is 268 g/mol. The molecular weight excluding hydrogens is 252 g/mol. The summed E-state index contributed by atoms with van der Waals surface area (Å²) in [4.78, 5) is 0.257. The maximum absolute atomic E-state index is 11.5. The number of hydrogen-bond donors (Lipinski definition) is 2. The van der Waals surface area contributed by atoms with Gasteiger partial charge in [0.2, 0.25) is 0 Å². The lowest BCUT2D eigenvalue weighted by molar-refractivity contribution is 0.268. The van der Waals surface area contributed by atoms with Crippen molar-refractivity contribution in [1.29, 1.82) is 0 Å². The van der Waals surface area contributed by atoms with Crippen LogP contribution in [0.15, 0.2) is 29.3 Å². The molecule has 0 aliphatic carbocycles. The van der Waals surface area contributed by atoms with E-state index < -0.39 is 15.9 Å². The first-order chi connectivity index (χ1) is 8.34. The van der Waals surface area contributed by atoms with Crippen LogP contribution in [0.25, 0.3) is 10.9 Å². The molecule has 1 aromatic heterocycles. The Morgan fingerprint density at radius 2 is 2.11 bits per heavy atom. The Kier molecular flexibility index (Phi) is 3.18. The molecule has 6 heteroatoms. The van der Waals surface area contributed by atoms with Crippen LogP contribution in [0.5, 0.6) is 0 Å². The molecule has 0 saturated carbocycles. The van der Waals surface area contributed by atoms with E-state index in [1.54, 1.807) is 18.2 Å². The Labute approximate surface area is 106 Å². The highest BCUT2D eigenvalue weighted by atomic mass is 32.2. The normalized spacial score (nSPS) is 14.0. The van der Waals surface area contributed by atoms with Gasteiger partial charge in [0.15, 0.2) is 9.84 Å². The molecule has 2 rings (SSSR count). The van der Waals surface area contributed by atoms with Crippen LogP contribution < -0.4 is 5.73 Å². The predicted molar refractivity (Wildman–Crippen MR) is 70.0 cm³/mol. The van der Waals surface area contributed by atoms with Gasteiger partial charge < -0.3 is 15.4 Å². The average molecular weight is 268 g/mol. The van der Waals surface area contributed by atoms with Gasteiger partial charge in [-0.15, -0.1) is 0 Å². The van der Waals surface area contributed by atoms with Gasteiger partial charge in [-0.2, -0.15) is 0 Å². The van der Waals surface area contributed by atoms with Crippen molar-refractivity contribution in [2.24, 2.45) is 12.8 Å². The van der Waals surface area contributed by atoms with Crippen LogP contribution in [0.4, 0.5) is 0 Å². The topological polar surface area (TPSA) is 85.3 Å². The molecule has 0 spiro atoms. The molecule has 0 amide bonds. The van der Waals surface area contributed by atoms with E-state index in [-0.39, 0.29) is 11.5 Å². The number of aliphatic hydroxyl groups excluding tert-OH is 1. The van der Waals surface area contributed by atoms with Crippen LogP contribution in [0.1, 0.15) is 11.6 Å². The number of nitrogens with zero attached hydrogens (tertiary/aromatic N) is 1. The predicted octanol–water partition coefficient (Wildman–Crippen LogP) is 0.574. The Hall–Kier alpha value is -1.37. The smallest absolute Gasteiger partial charge is 0.175 e. The largest absolute Gasteiger partial charge is 0.394 e. The second kappa shape index (κ2) is 4.38. The van der Waals surface area contributed by atoms with Crippen molar-refractivity contribution in [3.8, 4) is 0 Å². The molecule has 0 aliphatic heterocycles. The second-order valence-corrected chi connectivity index (χ2v) is 6.45. The molecule has 1 atom stereocenters. The van der Waals surface area contributed by atoms with Gasteiger partial charge in [-0.3, -0.25) is 0 Å². The number of sulfone groups is 1. The zero-order valence-corrected chi connectivity index (χ0v) is 11.1. The van der Waals surface area contributed by atoms with Crippen LogP contribution in [0.2, 0.25) is 0 Å². The van der Waals surface area contributed by atoms with Gasteiger partial charge in [-0.05, 0) is 23.8 Å². The highest BCUT2D eigenvalue weighted by Crippen LogP contribution is 2.27. The van der Waals surface area contributed by atoms with E-state index in [1.807, 2.05) is 17.8 Å². The van der Waals surface area contributed by atoms with Crippen molar-refractivity contribution in [2.45, 2.75) is 10.9 Å². The fourth-order valence-corrected chi connectivity index (χ4v) is 2.67. The van der Waals surface area contributed by atoms with E-state index in [9.17, 15) is 8.42 Å². The minimum atomic E-state index is -3.25. The van der Waals surface area contributed by atoms with Crippen LogP contribution in [-0.4, -0.2) is 31.0 Å². The molecule has 1 aromatic carbocycles. The molecule has 2 aromatic rings. The van der Waals surface area contributed by atoms with E-state index >= 15 is 0 Å². The summed E-state index contributed by atoms with van der Waals surface area (Å²) in [7, 11) is -1.39. The molecule has 3 N–H and O–H groups in total. The number of rotatable bonds is 3. The summed E-state index contributed by atoms with van der Waals surface area (Å²) in [6.45, 7) is -0.178. The van der Waals surface area contributed by atoms with Crippen LogP contribution in [0.3, 0.4) is 0 Å². The van der Waals surface area contributed by atoms with Gasteiger partial charge in [0.25, 0.3) is 0 Å². The van der Waals surface area contributed by atoms with Crippen LogP contribution in [0, 0.1) is 0 Å². The third-order valence-corrected chi connectivity index (χ3v) is 4.13. The minimum absolute atomic E-state index is 0.178. The molecule has 18 heavy (non-hydrogen) atoms. The summed E-state index contributed by atoms with van der Waals surface area (Å²) in [5.41, 5.74) is 7.46. The molecule has 5 nitrogen and oxygen atoms in total. The summed E-state index contributed by atoms with van der Waals surface area (Å²) in [5, 5.41) is 9.90. The van der Waals surface area contributed by atoms with E-state index in [0.717, 1.165) is 16.5 Å². The molecule has 0 bridgehead atoms. The van der Waals surface area contributed by atoms with Crippen molar-refractivity contribution in [3.63, 3.8) is 0 Å². The Morgan fingerprint density at radius 1 is 1.44 bits per heavy atom. The molecule has 0 aliphatic rings. The molecule has 1 heterocycles. The second-order valence-electron chi connectivity index (χ2n) is 4.44. The van der Waals surface area contributed by atoms with Crippen molar-refractivity contribution in [1.82, 2.24) is 4.57 Å². The van der Waals surface area contributed by atoms with E-state index in [0.29, 0.717) is 0 Å². The summed E-state index contributed by atoms with van der Waals surface area (Å²) in [6.07, 6.45) is 2.99. The van der Waals surface area contributed by atoms with E-state index in [2.05, 4.69) is 0 Å². The molecule has 0 saturated heterocycles. The van der Waals surface area contributed by atoms with Gasteiger partial charge in [0, 0.05) is 30.4 Å². The Balaban J connectivity index is 2.74. The fourth-order valence-electron chi connectivity index (χ4n) is 2.03. The molecular formula is C12H16N2O3S. The number of fused-ring (bicyclic) bond motifs is 1. The average Bonchev–Trinajstić information content (AvgIpc) is 2.64. The first-order valence-corrected chi connectivity index (χ1v) is 7.39. The van der Waals surface area contributed by atoms with Gasteiger partial charge in [-0.1, -0.05) is 0 Å². The Morgan fingerprint density at radius 3 is 2.67 bits per heavy atom. The summed E-state index contributed by atoms with van der Waals surface area (Å²) >= 11 is 0. The number of nitrogens with two attached hydrogens (primary N) is 1. The SMILES string of the molecule is Cn1cc(C(N)CO)c2cc(S(C)(=O)=O)ccc21. The molecule has 1 unspecified atom stereocenters. The highest BCUT2D eigenvalue weighted by Gasteiger charge is 2.15. The zero-order chi connectivity index (χ0) is 13.5. The molecule has 0 fully saturated rings. The van der Waals surface area contributed by atoms with Crippen LogP contribution in [-0.2, 0) is 16.9 Å². The van der Waals surface area contributed by atoms with Gasteiger partial charge in [-0.25, -0.2) is 8.42 Å². The van der Waals surface area contributed by atoms with Gasteiger partial charge in [0.05, 0.1) is 17.5 Å². The standard InChI is InChI=1S/C12H16N2O3S/c1-14-6-10(11(13)7-15)9-5-8(18(2,16)17)3-4-12(9)14/h3-6,11,15H,7,13H2,1-2H3. The zero-order valence-electron chi connectivity index (χ0n) is 10.3. The fraction of sp³-hybridized carbons (Fsp3) is 0.333. The van der Waals surface area contributed by atoms with Crippen LogP contribution >= 0.6 is 0 Å².